The summed E-state index contributed by atoms with van der Waals surface area (Å²) < 4.78 is 40.5. The number of allylic oxidation sites excluding steroid dienone is 2. The van der Waals surface area contributed by atoms with Crippen LogP contribution in [-0.4, -0.2) is 45.3 Å². The number of aliphatic imine (C=N–C) groups is 2. The Kier molecular flexibility index (Phi) is 5.21. The van der Waals surface area contributed by atoms with Gasteiger partial charge < -0.3 is 11.1 Å². The number of hydrogen-bond acceptors (Lipinski definition) is 6. The topological polar surface area (TPSA) is 93.0 Å². The molecule has 148 valence electrons. The molecular weight excluding hydrogens is 371 g/mol. The van der Waals surface area contributed by atoms with E-state index in [0.29, 0.717) is 28.3 Å². The second-order valence-corrected chi connectivity index (χ2v) is 6.38. The Balaban J connectivity index is 2.15. The van der Waals surface area contributed by atoms with E-state index in [0.717, 1.165) is 0 Å². The van der Waals surface area contributed by atoms with Gasteiger partial charge in [-0.05, 0) is 37.6 Å². The molecule has 0 spiro atoms. The number of aromatic nitrogens is 3. The summed E-state index contributed by atoms with van der Waals surface area (Å²) in [5.74, 6) is 0.588. The molecule has 1 unspecified atom stereocenters. The van der Waals surface area contributed by atoms with Crippen LogP contribution in [0, 0.1) is 0 Å². The molecule has 0 saturated carbocycles. The highest BCUT2D eigenvalue weighted by Crippen LogP contribution is 2.29. The lowest BCUT2D eigenvalue weighted by Gasteiger charge is -2.15. The number of rotatable bonds is 3. The van der Waals surface area contributed by atoms with Gasteiger partial charge in [0.05, 0.1) is 18.2 Å². The van der Waals surface area contributed by atoms with Gasteiger partial charge in [0.25, 0.3) is 0 Å². The molecule has 0 fully saturated rings. The predicted molar refractivity (Wildman–Crippen MR) is 104 cm³/mol. The molecule has 0 saturated heterocycles. The van der Waals surface area contributed by atoms with E-state index in [1.54, 1.807) is 49.8 Å². The molecule has 3 heterocycles. The normalized spacial score (nSPS) is 22.9. The third kappa shape index (κ3) is 4.21. The lowest BCUT2D eigenvalue weighted by atomic mass is 10.1. The molecule has 7 nitrogen and oxygen atoms in total. The number of nitrogens with two attached hydrogens (primary N) is 1. The minimum atomic E-state index is -4.34. The van der Waals surface area contributed by atoms with Crippen molar-refractivity contribution in [2.45, 2.75) is 32.5 Å². The average molecular weight is 391 g/mol. The maximum absolute atomic E-state index is 13.0. The summed E-state index contributed by atoms with van der Waals surface area (Å²) in [5, 5.41) is 7.10. The first-order valence-corrected chi connectivity index (χ1v) is 8.57. The van der Waals surface area contributed by atoms with Crippen LogP contribution in [0.25, 0.3) is 5.52 Å². The molecule has 1 aliphatic rings. The van der Waals surface area contributed by atoms with Gasteiger partial charge >= 0.3 is 6.18 Å². The number of halogens is 3. The summed E-state index contributed by atoms with van der Waals surface area (Å²) in [6, 6.07) is 1.07. The second-order valence-electron chi connectivity index (χ2n) is 6.38. The molecule has 0 amide bonds. The lowest BCUT2D eigenvalue weighted by molar-refractivity contribution is -0.127. The predicted octanol–water partition coefficient (Wildman–Crippen LogP) is 3.40. The standard InChI is InChI=1S/C18H20F3N7/c1-10-4-5-14(25-11(2)12(9-24-10)8-18(19,20)21)13-6-7-28-15(13)16(23-3)26-17(22)27-28/h4-7,9,11H,8H2,1-3H3,(H3,22,23,26,27)/b5-4-,12-9-,24-10-,25-14?. The zero-order valence-corrected chi connectivity index (χ0v) is 15.6. The van der Waals surface area contributed by atoms with Crippen LogP contribution in [-0.2, 0) is 0 Å². The van der Waals surface area contributed by atoms with E-state index in [-0.39, 0.29) is 11.5 Å². The van der Waals surface area contributed by atoms with Crippen LogP contribution in [0.5, 0.6) is 0 Å². The van der Waals surface area contributed by atoms with E-state index in [4.69, 9.17) is 5.73 Å². The van der Waals surface area contributed by atoms with E-state index in [2.05, 4.69) is 25.4 Å². The SMILES string of the molecule is CNc1nc(N)nn2ccc(C3=NC(C)\C(CC(F)(F)F)=C/N=C(C)\C=C/3)c12. The van der Waals surface area contributed by atoms with Crippen LogP contribution in [0.1, 0.15) is 25.8 Å². The van der Waals surface area contributed by atoms with Crippen molar-refractivity contribution in [3.05, 3.63) is 41.8 Å². The Bertz CT molecular complexity index is 1010. The first kappa shape index (κ1) is 19.6. The monoisotopic (exact) mass is 391 g/mol. The average Bonchev–Trinajstić information content (AvgIpc) is 3.04. The molecule has 2 aromatic rings. The molecular formula is C18H20F3N7. The summed E-state index contributed by atoms with van der Waals surface area (Å²) in [4.78, 5) is 12.8. The third-order valence-corrected chi connectivity index (χ3v) is 4.23. The van der Waals surface area contributed by atoms with Crippen molar-refractivity contribution < 1.29 is 13.2 Å². The second kappa shape index (κ2) is 7.45. The van der Waals surface area contributed by atoms with Crippen LogP contribution < -0.4 is 11.1 Å². The third-order valence-electron chi connectivity index (χ3n) is 4.23. The Morgan fingerprint density at radius 1 is 1.29 bits per heavy atom. The van der Waals surface area contributed by atoms with Gasteiger partial charge in [-0.15, -0.1) is 5.10 Å². The van der Waals surface area contributed by atoms with Gasteiger partial charge in [-0.1, -0.05) is 0 Å². The van der Waals surface area contributed by atoms with E-state index in [9.17, 15) is 13.2 Å². The van der Waals surface area contributed by atoms with Crippen molar-refractivity contribution >= 4 is 28.7 Å². The maximum atomic E-state index is 13.0. The fraction of sp³-hybridized carbons (Fsp3) is 0.333. The highest BCUT2D eigenvalue weighted by atomic mass is 19.4. The molecule has 0 bridgehead atoms. The van der Waals surface area contributed by atoms with Crippen molar-refractivity contribution in [2.75, 3.05) is 18.1 Å². The smallest absolute Gasteiger partial charge is 0.371 e. The van der Waals surface area contributed by atoms with Gasteiger partial charge in [0.1, 0.15) is 5.52 Å². The molecule has 3 N–H and O–H groups in total. The summed E-state index contributed by atoms with van der Waals surface area (Å²) in [5.41, 5.74) is 8.18. The molecule has 1 aliphatic heterocycles. The van der Waals surface area contributed by atoms with Gasteiger partial charge in [-0.25, -0.2) is 4.52 Å². The van der Waals surface area contributed by atoms with Crippen LogP contribution in [0.3, 0.4) is 0 Å². The summed E-state index contributed by atoms with van der Waals surface area (Å²) in [6.45, 7) is 3.33. The van der Waals surface area contributed by atoms with Crippen LogP contribution in [0.2, 0.25) is 0 Å². The van der Waals surface area contributed by atoms with Gasteiger partial charge in [0.2, 0.25) is 5.95 Å². The number of fused-ring (bicyclic) bond motifs is 1. The molecule has 3 rings (SSSR count). The fourth-order valence-electron chi connectivity index (χ4n) is 2.88. The van der Waals surface area contributed by atoms with E-state index in [1.165, 1.54) is 6.20 Å². The minimum absolute atomic E-state index is 0.0888. The summed E-state index contributed by atoms with van der Waals surface area (Å²) in [7, 11) is 1.70. The van der Waals surface area contributed by atoms with Crippen molar-refractivity contribution in [1.82, 2.24) is 14.6 Å². The number of nitrogens with one attached hydrogen (secondary N) is 1. The van der Waals surface area contributed by atoms with Crippen molar-refractivity contribution in [3.63, 3.8) is 0 Å². The number of alkyl halides is 3. The number of nitrogen functional groups attached to an aromatic ring is 1. The quantitative estimate of drug-likeness (QED) is 0.839. The molecule has 28 heavy (non-hydrogen) atoms. The van der Waals surface area contributed by atoms with E-state index in [1.807, 2.05) is 0 Å². The molecule has 0 radical (unpaired) electrons. The minimum Gasteiger partial charge on any atom is -0.371 e. The Morgan fingerprint density at radius 2 is 2.04 bits per heavy atom. The molecule has 0 aromatic carbocycles. The molecule has 1 atom stereocenters. The van der Waals surface area contributed by atoms with Gasteiger partial charge in [-0.3, -0.25) is 9.98 Å². The number of nitrogens with zero attached hydrogens (tertiary/aromatic N) is 5. The van der Waals surface area contributed by atoms with Gasteiger partial charge in [0, 0.05) is 30.7 Å². The van der Waals surface area contributed by atoms with Crippen LogP contribution in [0.4, 0.5) is 24.9 Å². The summed E-state index contributed by atoms with van der Waals surface area (Å²) in [6.07, 6.45) is 0.980. The van der Waals surface area contributed by atoms with Crippen molar-refractivity contribution in [2.24, 2.45) is 9.98 Å². The molecule has 0 aliphatic carbocycles. The van der Waals surface area contributed by atoms with Crippen LogP contribution >= 0.6 is 0 Å². The van der Waals surface area contributed by atoms with Crippen molar-refractivity contribution in [1.29, 1.82) is 0 Å². The lowest BCUT2D eigenvalue weighted by Crippen LogP contribution is -2.16. The van der Waals surface area contributed by atoms with E-state index >= 15 is 0 Å². The molecule has 10 heteroatoms. The first-order chi connectivity index (χ1) is 13.2. The number of hydrogen-bond donors (Lipinski definition) is 2. The maximum Gasteiger partial charge on any atom is 0.392 e. The highest BCUT2D eigenvalue weighted by Gasteiger charge is 2.31. The zero-order valence-electron chi connectivity index (χ0n) is 15.6. The van der Waals surface area contributed by atoms with E-state index < -0.39 is 18.6 Å². The molecule has 2 aromatic heterocycles. The highest BCUT2D eigenvalue weighted by molar-refractivity contribution is 6.16. The van der Waals surface area contributed by atoms with Gasteiger partial charge in [0.15, 0.2) is 5.82 Å². The Morgan fingerprint density at radius 3 is 2.71 bits per heavy atom. The van der Waals surface area contributed by atoms with Gasteiger partial charge in [-0.2, -0.15) is 18.2 Å². The number of anilines is 2. The first-order valence-electron chi connectivity index (χ1n) is 8.57. The Labute approximate surface area is 159 Å². The zero-order chi connectivity index (χ0) is 20.5. The largest absolute Gasteiger partial charge is 0.392 e. The van der Waals surface area contributed by atoms with Crippen molar-refractivity contribution in [3.8, 4) is 0 Å². The van der Waals surface area contributed by atoms with Crippen LogP contribution in [0.15, 0.2) is 46.2 Å². The summed E-state index contributed by atoms with van der Waals surface area (Å²) >= 11 is 0. The Hall–Kier alpha value is -3.17. The fourth-order valence-corrected chi connectivity index (χ4v) is 2.88.